The molecule has 0 aliphatic carbocycles. The molecule has 1 aromatic heterocycles. The minimum Gasteiger partial charge on any atom is -0.353 e. The van der Waals surface area contributed by atoms with E-state index in [0.29, 0.717) is 33.9 Å². The van der Waals surface area contributed by atoms with Gasteiger partial charge in [-0.15, -0.1) is 0 Å². The minimum atomic E-state index is -0.554. The number of rotatable bonds is 3. The van der Waals surface area contributed by atoms with E-state index < -0.39 is 6.04 Å². The summed E-state index contributed by atoms with van der Waals surface area (Å²) in [6.45, 7) is 2.36. The zero-order valence-corrected chi connectivity index (χ0v) is 16.0. The standard InChI is InChI=1S/C20H16Cl2N4O/c1-11-9-16(24-15-8-3-2-5-12(11)15)19(27)17-10-23-20(25-17)26-18-13(21)6-4-7-14(18)22/h2-9,17H,10H2,1H3,(H2,23,25,26). The van der Waals surface area contributed by atoms with Gasteiger partial charge in [0.05, 0.1) is 21.2 Å². The number of halogens is 2. The number of carbonyl (C=O) groups excluding carboxylic acids is 1. The molecule has 1 aliphatic heterocycles. The van der Waals surface area contributed by atoms with E-state index in [4.69, 9.17) is 23.2 Å². The zero-order valence-electron chi connectivity index (χ0n) is 14.5. The molecule has 1 aliphatic rings. The highest BCUT2D eigenvalue weighted by molar-refractivity contribution is 6.39. The van der Waals surface area contributed by atoms with Gasteiger partial charge in [0.15, 0.2) is 5.96 Å². The molecule has 0 bridgehead atoms. The van der Waals surface area contributed by atoms with Gasteiger partial charge in [-0.25, -0.2) is 9.98 Å². The van der Waals surface area contributed by atoms with Crippen molar-refractivity contribution < 1.29 is 4.79 Å². The molecule has 2 N–H and O–H groups in total. The number of ketones is 1. The molecule has 3 aromatic rings. The number of fused-ring (bicyclic) bond motifs is 1. The number of nitrogens with zero attached hydrogens (tertiary/aromatic N) is 2. The molecular formula is C20H16Cl2N4O. The molecule has 0 amide bonds. The van der Waals surface area contributed by atoms with Gasteiger partial charge in [0.25, 0.3) is 0 Å². The zero-order chi connectivity index (χ0) is 19.0. The van der Waals surface area contributed by atoms with Gasteiger partial charge in [0.2, 0.25) is 5.78 Å². The van der Waals surface area contributed by atoms with Crippen LogP contribution in [0.15, 0.2) is 53.5 Å². The third-order valence-corrected chi connectivity index (χ3v) is 5.06. The van der Waals surface area contributed by atoms with Crippen molar-refractivity contribution in [3.8, 4) is 0 Å². The first-order valence-corrected chi connectivity index (χ1v) is 9.22. The number of aryl methyl sites for hydroxylation is 1. The van der Waals surface area contributed by atoms with E-state index in [-0.39, 0.29) is 5.78 Å². The number of aliphatic imine (C=N–C) groups is 1. The number of nitrogens with one attached hydrogen (secondary N) is 2. The molecule has 136 valence electrons. The summed E-state index contributed by atoms with van der Waals surface area (Å²) in [6, 6.07) is 14.3. The van der Waals surface area contributed by atoms with E-state index in [1.807, 2.05) is 37.3 Å². The monoisotopic (exact) mass is 398 g/mol. The maximum Gasteiger partial charge on any atom is 0.207 e. The number of hydrogen-bond donors (Lipinski definition) is 2. The first-order valence-electron chi connectivity index (χ1n) is 8.46. The number of hydrogen-bond acceptors (Lipinski definition) is 5. The summed E-state index contributed by atoms with van der Waals surface area (Å²) in [7, 11) is 0. The number of benzene rings is 2. The molecule has 1 unspecified atom stereocenters. The average Bonchev–Trinajstić information content (AvgIpc) is 3.13. The van der Waals surface area contributed by atoms with Gasteiger partial charge in [-0.2, -0.15) is 0 Å². The first kappa shape index (κ1) is 17.8. The van der Waals surface area contributed by atoms with Gasteiger partial charge in [0.1, 0.15) is 11.7 Å². The Morgan fingerprint density at radius 1 is 1.15 bits per heavy atom. The van der Waals surface area contributed by atoms with Crippen LogP contribution >= 0.6 is 23.2 Å². The molecule has 5 nitrogen and oxygen atoms in total. The summed E-state index contributed by atoms with van der Waals surface area (Å²) in [5.41, 5.74) is 2.79. The second-order valence-electron chi connectivity index (χ2n) is 6.30. The van der Waals surface area contributed by atoms with Crippen molar-refractivity contribution >= 4 is 51.5 Å². The fraction of sp³-hybridized carbons (Fsp3) is 0.150. The second-order valence-corrected chi connectivity index (χ2v) is 7.12. The van der Waals surface area contributed by atoms with Crippen LogP contribution in [0, 0.1) is 6.92 Å². The lowest BCUT2D eigenvalue weighted by Gasteiger charge is -2.09. The molecule has 27 heavy (non-hydrogen) atoms. The van der Waals surface area contributed by atoms with Crippen LogP contribution in [0.2, 0.25) is 10.0 Å². The van der Waals surface area contributed by atoms with Crippen molar-refractivity contribution in [1.29, 1.82) is 0 Å². The van der Waals surface area contributed by atoms with Gasteiger partial charge in [-0.1, -0.05) is 47.5 Å². The van der Waals surface area contributed by atoms with E-state index in [9.17, 15) is 4.79 Å². The van der Waals surface area contributed by atoms with E-state index in [1.54, 1.807) is 18.2 Å². The highest BCUT2D eigenvalue weighted by Crippen LogP contribution is 2.30. The molecule has 7 heteroatoms. The third kappa shape index (κ3) is 3.48. The van der Waals surface area contributed by atoms with Gasteiger partial charge in [-0.05, 0) is 36.8 Å². The van der Waals surface area contributed by atoms with Crippen LogP contribution in [-0.2, 0) is 0 Å². The topological polar surface area (TPSA) is 66.4 Å². The van der Waals surface area contributed by atoms with Crippen molar-refractivity contribution in [3.63, 3.8) is 0 Å². The number of aromatic nitrogens is 1. The van der Waals surface area contributed by atoms with Crippen LogP contribution in [-0.4, -0.2) is 29.3 Å². The lowest BCUT2D eigenvalue weighted by molar-refractivity contribution is 0.0962. The molecule has 1 atom stereocenters. The van der Waals surface area contributed by atoms with E-state index >= 15 is 0 Å². The molecule has 2 aromatic carbocycles. The molecule has 0 fully saturated rings. The number of guanidine groups is 1. The maximum absolute atomic E-state index is 12.9. The molecule has 2 heterocycles. The Balaban J connectivity index is 1.59. The SMILES string of the molecule is Cc1cc(C(=O)C2CNC(Nc3c(Cl)cccc3Cl)=N2)nc2ccccc12. The van der Waals surface area contributed by atoms with Crippen molar-refractivity contribution in [2.45, 2.75) is 13.0 Å². The fourth-order valence-corrected chi connectivity index (χ4v) is 3.54. The average molecular weight is 399 g/mol. The molecule has 4 rings (SSSR count). The summed E-state index contributed by atoms with van der Waals surface area (Å²) < 4.78 is 0. The summed E-state index contributed by atoms with van der Waals surface area (Å²) in [5, 5.41) is 8.14. The predicted molar refractivity (Wildman–Crippen MR) is 110 cm³/mol. The number of Topliss-reactive ketones (excluding diaryl/α,β-unsaturated/α-hetero) is 1. The van der Waals surface area contributed by atoms with Crippen molar-refractivity contribution in [1.82, 2.24) is 10.3 Å². The largest absolute Gasteiger partial charge is 0.353 e. The summed E-state index contributed by atoms with van der Waals surface area (Å²) in [5.74, 6) is 0.333. The highest BCUT2D eigenvalue weighted by atomic mass is 35.5. The Bertz CT molecular complexity index is 1060. The van der Waals surface area contributed by atoms with Crippen LogP contribution in [0.1, 0.15) is 16.1 Å². The number of para-hydroxylation sites is 2. The lowest BCUT2D eigenvalue weighted by atomic mass is 10.0. The van der Waals surface area contributed by atoms with Gasteiger partial charge < -0.3 is 10.6 Å². The summed E-state index contributed by atoms with van der Waals surface area (Å²) in [4.78, 5) is 21.8. The predicted octanol–water partition coefficient (Wildman–Crippen LogP) is 4.47. The molecule has 0 spiro atoms. The number of pyridine rings is 1. The van der Waals surface area contributed by atoms with Crippen LogP contribution in [0.3, 0.4) is 0 Å². The van der Waals surface area contributed by atoms with Crippen molar-refractivity contribution in [3.05, 3.63) is 69.8 Å². The highest BCUT2D eigenvalue weighted by Gasteiger charge is 2.27. The molecular weight excluding hydrogens is 383 g/mol. The normalized spacial score (nSPS) is 16.1. The van der Waals surface area contributed by atoms with E-state index in [2.05, 4.69) is 20.6 Å². The van der Waals surface area contributed by atoms with Crippen LogP contribution in [0.5, 0.6) is 0 Å². The number of carbonyl (C=O) groups is 1. The van der Waals surface area contributed by atoms with Crippen molar-refractivity contribution in [2.24, 2.45) is 4.99 Å². The Morgan fingerprint density at radius 2 is 1.89 bits per heavy atom. The van der Waals surface area contributed by atoms with Gasteiger partial charge in [-0.3, -0.25) is 4.79 Å². The Labute approximate surface area is 166 Å². The van der Waals surface area contributed by atoms with Crippen LogP contribution in [0.25, 0.3) is 10.9 Å². The van der Waals surface area contributed by atoms with Crippen LogP contribution < -0.4 is 10.6 Å². The third-order valence-electron chi connectivity index (χ3n) is 4.43. The van der Waals surface area contributed by atoms with Gasteiger partial charge >= 0.3 is 0 Å². The molecule has 0 saturated heterocycles. The maximum atomic E-state index is 12.9. The Morgan fingerprint density at radius 3 is 2.67 bits per heavy atom. The summed E-state index contributed by atoms with van der Waals surface area (Å²) >= 11 is 12.3. The molecule has 0 saturated carbocycles. The second kappa shape index (κ2) is 7.18. The summed E-state index contributed by atoms with van der Waals surface area (Å²) in [6.07, 6.45) is 0. The quantitative estimate of drug-likeness (QED) is 0.638. The Hall–Kier alpha value is -2.63. The van der Waals surface area contributed by atoms with Gasteiger partial charge in [0, 0.05) is 11.9 Å². The van der Waals surface area contributed by atoms with Crippen LogP contribution in [0.4, 0.5) is 5.69 Å². The first-order chi connectivity index (χ1) is 13.0. The smallest absolute Gasteiger partial charge is 0.207 e. The molecule has 0 radical (unpaired) electrons. The van der Waals surface area contributed by atoms with Crippen molar-refractivity contribution in [2.75, 3.05) is 11.9 Å². The minimum absolute atomic E-state index is 0.126. The Kier molecular flexibility index (Phi) is 4.72. The number of anilines is 1. The fourth-order valence-electron chi connectivity index (χ4n) is 3.05. The lowest BCUT2D eigenvalue weighted by Crippen LogP contribution is -2.29. The van der Waals surface area contributed by atoms with E-state index in [1.165, 1.54) is 0 Å². The van der Waals surface area contributed by atoms with E-state index in [0.717, 1.165) is 16.5 Å².